The molecule has 0 aromatic heterocycles. The molecule has 0 amide bonds. The Morgan fingerprint density at radius 2 is 2.00 bits per heavy atom. The van der Waals surface area contributed by atoms with Crippen LogP contribution in [0.1, 0.15) is 12.5 Å². The first kappa shape index (κ1) is 12.1. The molecule has 1 rings (SSSR count). The number of rotatable bonds is 4. The maximum atomic E-state index is 9.27. The Balaban J connectivity index is 3.08. The molecule has 0 bridgehead atoms. The molecule has 0 fully saturated rings. The van der Waals surface area contributed by atoms with E-state index in [2.05, 4.69) is 0 Å². The second-order valence-electron chi connectivity index (χ2n) is 3.37. The van der Waals surface area contributed by atoms with Crippen LogP contribution in [0.4, 0.5) is 0 Å². The smallest absolute Gasteiger partial charge is 0.179 e. The lowest BCUT2D eigenvalue weighted by molar-refractivity contribution is 0.195. The highest BCUT2D eigenvalue weighted by Gasteiger charge is 2.11. The first-order valence-electron chi connectivity index (χ1n) is 4.67. The van der Waals surface area contributed by atoms with Crippen LogP contribution in [0.25, 0.3) is 0 Å². The second-order valence-corrected chi connectivity index (χ2v) is 3.77. The summed E-state index contributed by atoms with van der Waals surface area (Å²) in [5.41, 5.74) is 0.924. The number of methoxy groups -OCH3 is 2. The highest BCUT2D eigenvalue weighted by Crippen LogP contribution is 2.36. The van der Waals surface area contributed by atoms with Crippen molar-refractivity contribution in [3.63, 3.8) is 0 Å². The summed E-state index contributed by atoms with van der Waals surface area (Å²) in [5, 5.41) is 9.76. The van der Waals surface area contributed by atoms with Gasteiger partial charge in [-0.05, 0) is 31.0 Å². The predicted molar refractivity (Wildman–Crippen MR) is 59.9 cm³/mol. The molecule has 3 nitrogen and oxygen atoms in total. The molecule has 1 aromatic carbocycles. The van der Waals surface area contributed by atoms with Crippen LogP contribution in [0, 0.1) is 0 Å². The van der Waals surface area contributed by atoms with E-state index in [1.807, 2.05) is 6.07 Å². The number of benzene rings is 1. The Labute approximate surface area is 94.6 Å². The zero-order valence-corrected chi connectivity index (χ0v) is 9.84. The minimum atomic E-state index is -0.404. The highest BCUT2D eigenvalue weighted by atomic mass is 35.5. The van der Waals surface area contributed by atoms with Crippen molar-refractivity contribution in [1.82, 2.24) is 0 Å². The van der Waals surface area contributed by atoms with Gasteiger partial charge in [0.05, 0.1) is 25.3 Å². The van der Waals surface area contributed by atoms with Gasteiger partial charge < -0.3 is 14.6 Å². The molecule has 0 saturated heterocycles. The first-order chi connectivity index (χ1) is 7.08. The Kier molecular flexibility index (Phi) is 4.24. The van der Waals surface area contributed by atoms with Crippen molar-refractivity contribution in [2.45, 2.75) is 19.4 Å². The zero-order valence-electron chi connectivity index (χ0n) is 9.08. The summed E-state index contributed by atoms with van der Waals surface area (Å²) in [7, 11) is 3.10. The van der Waals surface area contributed by atoms with Gasteiger partial charge in [-0.1, -0.05) is 11.6 Å². The van der Waals surface area contributed by atoms with Crippen molar-refractivity contribution in [2.24, 2.45) is 0 Å². The lowest BCUT2D eigenvalue weighted by Crippen LogP contribution is -2.04. The summed E-state index contributed by atoms with van der Waals surface area (Å²) in [6.07, 6.45) is 0.138. The summed E-state index contributed by atoms with van der Waals surface area (Å²) in [4.78, 5) is 0. The first-order valence-corrected chi connectivity index (χ1v) is 5.04. The van der Waals surface area contributed by atoms with Crippen molar-refractivity contribution in [3.05, 3.63) is 22.7 Å². The molecule has 1 aromatic rings. The topological polar surface area (TPSA) is 38.7 Å². The fourth-order valence-electron chi connectivity index (χ4n) is 1.43. The number of hydrogen-bond donors (Lipinski definition) is 1. The van der Waals surface area contributed by atoms with Crippen molar-refractivity contribution < 1.29 is 14.6 Å². The molecule has 1 N–H and O–H groups in total. The molecule has 0 saturated carbocycles. The number of halogens is 1. The van der Waals surface area contributed by atoms with Gasteiger partial charge in [0.15, 0.2) is 11.5 Å². The maximum absolute atomic E-state index is 9.27. The predicted octanol–water partition coefficient (Wildman–Crippen LogP) is 2.28. The molecule has 0 radical (unpaired) electrons. The lowest BCUT2D eigenvalue weighted by atomic mass is 10.1. The molecule has 84 valence electrons. The standard InChI is InChI=1S/C11H15ClO3/c1-7(13)4-8-5-9(12)11(15-3)10(6-8)14-2/h5-7,13H,4H2,1-3H3. The molecule has 1 unspecified atom stereocenters. The van der Waals surface area contributed by atoms with E-state index in [1.54, 1.807) is 20.1 Å². The van der Waals surface area contributed by atoms with Gasteiger partial charge in [0.1, 0.15) is 0 Å². The quantitative estimate of drug-likeness (QED) is 0.863. The van der Waals surface area contributed by atoms with Crippen LogP contribution < -0.4 is 9.47 Å². The van der Waals surface area contributed by atoms with Crippen LogP contribution in [0.5, 0.6) is 11.5 Å². The SMILES string of the molecule is COc1cc(CC(C)O)cc(Cl)c1OC. The Morgan fingerprint density at radius 3 is 2.47 bits per heavy atom. The third-order valence-electron chi connectivity index (χ3n) is 2.02. The van der Waals surface area contributed by atoms with Gasteiger partial charge in [-0.3, -0.25) is 0 Å². The zero-order chi connectivity index (χ0) is 11.4. The minimum absolute atomic E-state index is 0.404. The average molecular weight is 231 g/mol. The van der Waals surface area contributed by atoms with Crippen molar-refractivity contribution in [3.8, 4) is 11.5 Å². The molecular formula is C11H15ClO3. The Hall–Kier alpha value is -0.930. The molecule has 4 heteroatoms. The summed E-state index contributed by atoms with van der Waals surface area (Å²) >= 11 is 6.01. The molecular weight excluding hydrogens is 216 g/mol. The minimum Gasteiger partial charge on any atom is -0.493 e. The van der Waals surface area contributed by atoms with E-state index < -0.39 is 6.10 Å². The highest BCUT2D eigenvalue weighted by molar-refractivity contribution is 6.32. The van der Waals surface area contributed by atoms with Crippen LogP contribution in [-0.2, 0) is 6.42 Å². The van der Waals surface area contributed by atoms with Crippen molar-refractivity contribution in [2.75, 3.05) is 14.2 Å². The van der Waals surface area contributed by atoms with E-state index in [1.165, 1.54) is 7.11 Å². The van der Waals surface area contributed by atoms with Gasteiger partial charge in [0.25, 0.3) is 0 Å². The number of hydrogen-bond acceptors (Lipinski definition) is 3. The fraction of sp³-hybridized carbons (Fsp3) is 0.455. The fourth-order valence-corrected chi connectivity index (χ4v) is 1.74. The molecule has 0 spiro atoms. The molecule has 0 aliphatic rings. The maximum Gasteiger partial charge on any atom is 0.179 e. The van der Waals surface area contributed by atoms with Gasteiger partial charge in [-0.2, -0.15) is 0 Å². The number of aliphatic hydroxyl groups excluding tert-OH is 1. The molecule has 0 aliphatic heterocycles. The van der Waals surface area contributed by atoms with Crippen LogP contribution in [0.2, 0.25) is 5.02 Å². The van der Waals surface area contributed by atoms with Gasteiger partial charge in [0, 0.05) is 0 Å². The van der Waals surface area contributed by atoms with E-state index >= 15 is 0 Å². The van der Waals surface area contributed by atoms with E-state index in [-0.39, 0.29) is 0 Å². The second kappa shape index (κ2) is 5.24. The van der Waals surface area contributed by atoms with Crippen LogP contribution in [0.15, 0.2) is 12.1 Å². The molecule has 15 heavy (non-hydrogen) atoms. The monoisotopic (exact) mass is 230 g/mol. The summed E-state index contributed by atoms with van der Waals surface area (Å²) in [5.74, 6) is 1.11. The normalized spacial score (nSPS) is 12.3. The number of ether oxygens (including phenoxy) is 2. The van der Waals surface area contributed by atoms with Gasteiger partial charge >= 0.3 is 0 Å². The Bertz CT molecular complexity index is 337. The van der Waals surface area contributed by atoms with Gasteiger partial charge in [0.2, 0.25) is 0 Å². The summed E-state index contributed by atoms with van der Waals surface area (Å²) in [6, 6.07) is 3.59. The van der Waals surface area contributed by atoms with Crippen LogP contribution in [0.3, 0.4) is 0 Å². The Morgan fingerprint density at radius 1 is 1.33 bits per heavy atom. The molecule has 0 aliphatic carbocycles. The third kappa shape index (κ3) is 3.01. The van der Waals surface area contributed by atoms with E-state index in [0.29, 0.717) is 22.9 Å². The summed E-state index contributed by atoms with van der Waals surface area (Å²) < 4.78 is 10.3. The van der Waals surface area contributed by atoms with Gasteiger partial charge in [-0.15, -0.1) is 0 Å². The average Bonchev–Trinajstić information content (AvgIpc) is 2.15. The number of aliphatic hydroxyl groups is 1. The largest absolute Gasteiger partial charge is 0.493 e. The van der Waals surface area contributed by atoms with Crippen LogP contribution in [-0.4, -0.2) is 25.4 Å². The van der Waals surface area contributed by atoms with E-state index in [4.69, 9.17) is 21.1 Å². The summed E-state index contributed by atoms with van der Waals surface area (Å²) in [6.45, 7) is 1.73. The third-order valence-corrected chi connectivity index (χ3v) is 2.31. The van der Waals surface area contributed by atoms with Gasteiger partial charge in [-0.25, -0.2) is 0 Å². The van der Waals surface area contributed by atoms with Crippen molar-refractivity contribution >= 4 is 11.6 Å². The van der Waals surface area contributed by atoms with E-state index in [9.17, 15) is 5.11 Å². The molecule has 1 atom stereocenters. The van der Waals surface area contributed by atoms with E-state index in [0.717, 1.165) is 5.56 Å². The molecule has 0 heterocycles. The lowest BCUT2D eigenvalue weighted by Gasteiger charge is -2.12. The van der Waals surface area contributed by atoms with Crippen LogP contribution >= 0.6 is 11.6 Å². The van der Waals surface area contributed by atoms with Crippen molar-refractivity contribution in [1.29, 1.82) is 0 Å².